The van der Waals surface area contributed by atoms with E-state index in [1.807, 2.05) is 41.1 Å². The maximum absolute atomic E-state index is 8.93. The van der Waals surface area contributed by atoms with Crippen LogP contribution in [-0.2, 0) is 6.61 Å². The SMILES string of the molecule is OCc1cccc(Oc2ccsc2)c1. The molecule has 2 nitrogen and oxygen atoms in total. The Kier molecular flexibility index (Phi) is 2.81. The van der Waals surface area contributed by atoms with E-state index in [0.717, 1.165) is 17.1 Å². The average molecular weight is 206 g/mol. The van der Waals surface area contributed by atoms with Crippen LogP contribution in [0.4, 0.5) is 0 Å². The van der Waals surface area contributed by atoms with Crippen LogP contribution in [0.15, 0.2) is 41.1 Å². The van der Waals surface area contributed by atoms with Gasteiger partial charge in [-0.05, 0) is 29.1 Å². The summed E-state index contributed by atoms with van der Waals surface area (Å²) < 4.78 is 5.56. The van der Waals surface area contributed by atoms with E-state index in [2.05, 4.69) is 0 Å². The second-order valence-electron chi connectivity index (χ2n) is 2.87. The molecule has 72 valence electrons. The first-order chi connectivity index (χ1) is 6.88. The van der Waals surface area contributed by atoms with E-state index in [4.69, 9.17) is 9.84 Å². The van der Waals surface area contributed by atoms with Crippen LogP contribution in [-0.4, -0.2) is 5.11 Å². The lowest BCUT2D eigenvalue weighted by Gasteiger charge is -2.03. The second-order valence-corrected chi connectivity index (χ2v) is 3.65. The molecule has 1 heterocycles. The van der Waals surface area contributed by atoms with Crippen molar-refractivity contribution in [2.45, 2.75) is 6.61 Å². The zero-order valence-corrected chi connectivity index (χ0v) is 8.33. The van der Waals surface area contributed by atoms with Crippen molar-refractivity contribution in [3.05, 3.63) is 46.7 Å². The van der Waals surface area contributed by atoms with Gasteiger partial charge in [-0.3, -0.25) is 0 Å². The van der Waals surface area contributed by atoms with Gasteiger partial charge in [0.1, 0.15) is 11.5 Å². The molecule has 0 aliphatic heterocycles. The van der Waals surface area contributed by atoms with E-state index in [1.165, 1.54) is 0 Å². The molecule has 0 unspecified atom stereocenters. The summed E-state index contributed by atoms with van der Waals surface area (Å²) in [5.74, 6) is 1.60. The Morgan fingerprint density at radius 3 is 2.86 bits per heavy atom. The molecule has 0 amide bonds. The van der Waals surface area contributed by atoms with Gasteiger partial charge in [0.05, 0.1) is 6.61 Å². The molecule has 2 rings (SSSR count). The van der Waals surface area contributed by atoms with Gasteiger partial charge in [0.2, 0.25) is 0 Å². The lowest BCUT2D eigenvalue weighted by molar-refractivity contribution is 0.281. The van der Waals surface area contributed by atoms with Crippen molar-refractivity contribution in [3.63, 3.8) is 0 Å². The fourth-order valence-electron chi connectivity index (χ4n) is 1.15. The number of thiophene rings is 1. The fourth-order valence-corrected chi connectivity index (χ4v) is 1.71. The Labute approximate surface area is 86.4 Å². The summed E-state index contributed by atoms with van der Waals surface area (Å²) in [6.45, 7) is 0.0425. The minimum Gasteiger partial charge on any atom is -0.456 e. The molecular formula is C11H10O2S. The van der Waals surface area contributed by atoms with Crippen molar-refractivity contribution >= 4 is 11.3 Å². The molecule has 1 N–H and O–H groups in total. The highest BCUT2D eigenvalue weighted by Crippen LogP contribution is 2.24. The third-order valence-electron chi connectivity index (χ3n) is 1.81. The van der Waals surface area contributed by atoms with Crippen LogP contribution in [0.5, 0.6) is 11.5 Å². The zero-order chi connectivity index (χ0) is 9.80. The molecule has 2 aromatic rings. The summed E-state index contributed by atoms with van der Waals surface area (Å²) >= 11 is 1.59. The normalized spacial score (nSPS) is 10.1. The van der Waals surface area contributed by atoms with E-state index in [9.17, 15) is 0 Å². The standard InChI is InChI=1S/C11H10O2S/c12-7-9-2-1-3-10(6-9)13-11-4-5-14-8-11/h1-6,8,12H,7H2. The molecule has 14 heavy (non-hydrogen) atoms. The van der Waals surface area contributed by atoms with Crippen molar-refractivity contribution in [2.24, 2.45) is 0 Å². The lowest BCUT2D eigenvalue weighted by atomic mass is 10.2. The number of ether oxygens (including phenoxy) is 1. The summed E-state index contributed by atoms with van der Waals surface area (Å²) in [7, 11) is 0. The topological polar surface area (TPSA) is 29.5 Å². The summed E-state index contributed by atoms with van der Waals surface area (Å²) in [4.78, 5) is 0. The molecule has 0 radical (unpaired) electrons. The maximum Gasteiger partial charge on any atom is 0.138 e. The van der Waals surface area contributed by atoms with Crippen LogP contribution in [0, 0.1) is 0 Å². The molecule has 0 aliphatic carbocycles. The van der Waals surface area contributed by atoms with Crippen molar-refractivity contribution in [1.29, 1.82) is 0 Å². The lowest BCUT2D eigenvalue weighted by Crippen LogP contribution is -1.85. The van der Waals surface area contributed by atoms with Crippen molar-refractivity contribution in [1.82, 2.24) is 0 Å². The van der Waals surface area contributed by atoms with Gasteiger partial charge in [-0.2, -0.15) is 0 Å². The number of hydrogen-bond acceptors (Lipinski definition) is 3. The van der Waals surface area contributed by atoms with Crippen LogP contribution >= 0.6 is 11.3 Å². The molecule has 0 bridgehead atoms. The third-order valence-corrected chi connectivity index (χ3v) is 2.47. The van der Waals surface area contributed by atoms with Crippen molar-refractivity contribution < 1.29 is 9.84 Å². The quantitative estimate of drug-likeness (QED) is 0.836. The molecular weight excluding hydrogens is 196 g/mol. The zero-order valence-electron chi connectivity index (χ0n) is 7.51. The molecule has 1 aromatic carbocycles. The highest BCUT2D eigenvalue weighted by atomic mass is 32.1. The van der Waals surface area contributed by atoms with E-state index in [1.54, 1.807) is 11.3 Å². The maximum atomic E-state index is 8.93. The van der Waals surface area contributed by atoms with Crippen molar-refractivity contribution in [3.8, 4) is 11.5 Å². The Hall–Kier alpha value is -1.32. The summed E-state index contributed by atoms with van der Waals surface area (Å²) in [6, 6.07) is 9.35. The van der Waals surface area contributed by atoms with E-state index >= 15 is 0 Å². The Morgan fingerprint density at radius 2 is 2.14 bits per heavy atom. The number of aliphatic hydroxyl groups excluding tert-OH is 1. The first-order valence-electron chi connectivity index (χ1n) is 4.28. The Morgan fingerprint density at radius 1 is 1.21 bits per heavy atom. The highest BCUT2D eigenvalue weighted by Gasteiger charge is 1.98. The van der Waals surface area contributed by atoms with Crippen LogP contribution in [0.3, 0.4) is 0 Å². The van der Waals surface area contributed by atoms with Gasteiger partial charge in [-0.1, -0.05) is 12.1 Å². The molecule has 0 atom stereocenters. The van der Waals surface area contributed by atoms with Crippen LogP contribution < -0.4 is 4.74 Å². The summed E-state index contributed by atoms with van der Waals surface area (Å²) in [6.07, 6.45) is 0. The number of rotatable bonds is 3. The van der Waals surface area contributed by atoms with Crippen molar-refractivity contribution in [2.75, 3.05) is 0 Å². The molecule has 0 aliphatic rings. The summed E-state index contributed by atoms with van der Waals surface area (Å²) in [5.41, 5.74) is 0.859. The minimum absolute atomic E-state index is 0.0425. The first kappa shape index (κ1) is 9.24. The molecule has 0 saturated heterocycles. The van der Waals surface area contributed by atoms with Gasteiger partial charge in [-0.15, -0.1) is 11.3 Å². The van der Waals surface area contributed by atoms with Crippen LogP contribution in [0.2, 0.25) is 0 Å². The van der Waals surface area contributed by atoms with Crippen LogP contribution in [0.1, 0.15) is 5.56 Å². The smallest absolute Gasteiger partial charge is 0.138 e. The van der Waals surface area contributed by atoms with E-state index in [0.29, 0.717) is 0 Å². The number of hydrogen-bond donors (Lipinski definition) is 1. The van der Waals surface area contributed by atoms with Gasteiger partial charge in [0.25, 0.3) is 0 Å². The largest absolute Gasteiger partial charge is 0.456 e. The summed E-state index contributed by atoms with van der Waals surface area (Å²) in [5, 5.41) is 12.8. The Bertz CT molecular complexity index is 395. The predicted octanol–water partition coefficient (Wildman–Crippen LogP) is 3.03. The third kappa shape index (κ3) is 2.13. The van der Waals surface area contributed by atoms with Gasteiger partial charge < -0.3 is 9.84 Å². The average Bonchev–Trinajstić information content (AvgIpc) is 2.71. The molecule has 0 fully saturated rings. The van der Waals surface area contributed by atoms with Crippen LogP contribution in [0.25, 0.3) is 0 Å². The molecule has 1 aromatic heterocycles. The molecule has 0 spiro atoms. The van der Waals surface area contributed by atoms with Gasteiger partial charge in [0.15, 0.2) is 0 Å². The van der Waals surface area contributed by atoms with E-state index in [-0.39, 0.29) is 6.61 Å². The number of aliphatic hydroxyl groups is 1. The highest BCUT2D eigenvalue weighted by molar-refractivity contribution is 7.08. The van der Waals surface area contributed by atoms with Gasteiger partial charge in [-0.25, -0.2) is 0 Å². The first-order valence-corrected chi connectivity index (χ1v) is 5.22. The predicted molar refractivity (Wildman–Crippen MR) is 56.8 cm³/mol. The molecule has 0 saturated carbocycles. The van der Waals surface area contributed by atoms with Gasteiger partial charge >= 0.3 is 0 Å². The monoisotopic (exact) mass is 206 g/mol. The number of benzene rings is 1. The molecule has 3 heteroatoms. The Balaban J connectivity index is 2.17. The van der Waals surface area contributed by atoms with Gasteiger partial charge in [0, 0.05) is 5.38 Å². The second kappa shape index (κ2) is 4.26. The minimum atomic E-state index is 0.0425. The fraction of sp³-hybridized carbons (Fsp3) is 0.0909. The van der Waals surface area contributed by atoms with E-state index < -0.39 is 0 Å².